The molecule has 2 atom stereocenters. The monoisotopic (exact) mass is 648 g/mol. The quantitative estimate of drug-likeness (QED) is 0.205. The fourth-order valence-electron chi connectivity index (χ4n) is 5.49. The largest absolute Gasteiger partial charge is 0.448 e. The first-order valence-corrected chi connectivity index (χ1v) is 15.6. The molecule has 4 heterocycles. The molecule has 2 aliphatic heterocycles. The lowest BCUT2D eigenvalue weighted by Gasteiger charge is -2.28. The van der Waals surface area contributed by atoms with Crippen LogP contribution in [0.4, 0.5) is 0 Å². The molecule has 0 saturated heterocycles. The summed E-state index contributed by atoms with van der Waals surface area (Å²) in [5, 5.41) is 0. The van der Waals surface area contributed by atoms with Crippen molar-refractivity contribution in [2.45, 2.75) is 79.1 Å². The van der Waals surface area contributed by atoms with Crippen molar-refractivity contribution in [1.82, 2.24) is 9.80 Å². The molecule has 0 bridgehead atoms. The van der Waals surface area contributed by atoms with Crippen LogP contribution in [0.5, 0.6) is 0 Å². The Labute approximate surface area is 242 Å². The summed E-state index contributed by atoms with van der Waals surface area (Å²) in [6, 6.07) is 7.28. The van der Waals surface area contributed by atoms with E-state index < -0.39 is 0 Å². The molecule has 2 amide bonds. The summed E-state index contributed by atoms with van der Waals surface area (Å²) in [5.74, 6) is 1.40. The maximum absolute atomic E-state index is 14.3. The number of hydrogen-bond acceptors (Lipinski definition) is 4. The van der Waals surface area contributed by atoms with Crippen LogP contribution in [0.3, 0.4) is 0 Å². The second-order valence-electron chi connectivity index (χ2n) is 10.3. The Morgan fingerprint density at radius 2 is 1.08 bits per heavy atom. The van der Waals surface area contributed by atoms with E-state index in [1.165, 1.54) is 0 Å². The van der Waals surface area contributed by atoms with Crippen molar-refractivity contribution in [2.24, 2.45) is 11.8 Å². The molecule has 4 rings (SSSR count). The van der Waals surface area contributed by atoms with Crippen molar-refractivity contribution in [3.05, 3.63) is 56.3 Å². The maximum Gasteiger partial charge on any atom is 0.261 e. The van der Waals surface area contributed by atoms with E-state index in [4.69, 9.17) is 8.83 Å². The third-order valence-corrected chi connectivity index (χ3v) is 8.62. The smallest absolute Gasteiger partial charge is 0.261 e. The van der Waals surface area contributed by atoms with Crippen LogP contribution in [-0.4, -0.2) is 34.7 Å². The number of carbonyl (C=O) groups excluding carboxylic acids is 2. The Morgan fingerprint density at radius 1 is 0.684 bits per heavy atom. The predicted molar refractivity (Wildman–Crippen MR) is 157 cm³/mol. The van der Waals surface area contributed by atoms with Gasteiger partial charge in [-0.15, -0.1) is 0 Å². The van der Waals surface area contributed by atoms with E-state index in [1.807, 2.05) is 12.1 Å². The second-order valence-corrected chi connectivity index (χ2v) is 11.9. The van der Waals surface area contributed by atoms with E-state index in [1.54, 1.807) is 21.9 Å². The highest BCUT2D eigenvalue weighted by molar-refractivity contribution is 9.10. The van der Waals surface area contributed by atoms with Crippen LogP contribution < -0.4 is 0 Å². The highest BCUT2D eigenvalue weighted by Gasteiger charge is 2.50. The van der Waals surface area contributed by atoms with Gasteiger partial charge in [0.2, 0.25) is 0 Å². The van der Waals surface area contributed by atoms with Crippen LogP contribution in [0.1, 0.15) is 90.6 Å². The fourth-order valence-corrected chi connectivity index (χ4v) is 6.10. The molecule has 0 N–H and O–H groups in total. The summed E-state index contributed by atoms with van der Waals surface area (Å²) in [4.78, 5) is 32.1. The van der Waals surface area contributed by atoms with Crippen LogP contribution in [0, 0.1) is 11.8 Å². The molecule has 8 heteroatoms. The third kappa shape index (κ3) is 5.76. The zero-order chi connectivity index (χ0) is 27.4. The summed E-state index contributed by atoms with van der Waals surface area (Å²) in [7, 11) is 0. The summed E-state index contributed by atoms with van der Waals surface area (Å²) in [5.41, 5.74) is 2.00. The summed E-state index contributed by atoms with van der Waals surface area (Å²) < 4.78 is 13.1. The number of unbranched alkanes of at least 4 members (excludes halogenated alkanes) is 2. The molecular formula is C30H38Br2N2O4. The minimum absolute atomic E-state index is 0.155. The number of hydrogen-bond donors (Lipinski definition) is 0. The van der Waals surface area contributed by atoms with Crippen LogP contribution in [-0.2, 0) is 9.59 Å². The number of carbonyl (C=O) groups is 2. The van der Waals surface area contributed by atoms with Crippen molar-refractivity contribution in [3.63, 3.8) is 0 Å². The molecule has 0 radical (unpaired) electrons. The molecule has 0 aliphatic carbocycles. The average molecular weight is 650 g/mol. The molecule has 2 aliphatic rings. The zero-order valence-electron chi connectivity index (χ0n) is 22.8. The van der Waals surface area contributed by atoms with Gasteiger partial charge in [-0.3, -0.25) is 9.59 Å². The molecule has 0 saturated carbocycles. The van der Waals surface area contributed by atoms with Gasteiger partial charge < -0.3 is 18.6 Å². The molecule has 0 aromatic carbocycles. The lowest BCUT2D eigenvalue weighted by molar-refractivity contribution is -0.124. The van der Waals surface area contributed by atoms with E-state index in [-0.39, 0.29) is 11.8 Å². The van der Waals surface area contributed by atoms with Gasteiger partial charge in [-0.2, -0.15) is 0 Å². The van der Waals surface area contributed by atoms with E-state index in [9.17, 15) is 9.59 Å². The summed E-state index contributed by atoms with van der Waals surface area (Å²) >= 11 is 6.82. The van der Waals surface area contributed by atoms with Crippen LogP contribution in [0.25, 0.3) is 11.4 Å². The highest BCUT2D eigenvalue weighted by Crippen LogP contribution is 2.48. The van der Waals surface area contributed by atoms with Gasteiger partial charge in [0.1, 0.15) is 11.4 Å². The van der Waals surface area contributed by atoms with Crippen molar-refractivity contribution in [3.8, 4) is 0 Å². The molecule has 0 spiro atoms. The number of rotatable bonds is 14. The van der Waals surface area contributed by atoms with E-state index in [0.29, 0.717) is 68.3 Å². The minimum atomic E-state index is -0.155. The van der Waals surface area contributed by atoms with Gasteiger partial charge in [-0.25, -0.2) is 0 Å². The Morgan fingerprint density at radius 3 is 1.37 bits per heavy atom. The Hall–Kier alpha value is -2.06. The van der Waals surface area contributed by atoms with Gasteiger partial charge in [-0.1, -0.05) is 66.2 Å². The molecule has 2 unspecified atom stereocenters. The standard InChI is InChI=1S/C30H38Br2N2O4/c1-5-9-11-19(7-3)17-33-27(21-13-15-23(31)37-21)25-26(29(33)35)28(22-14-16-24(32)38-22)34(30(25)36)18-20(8-4)12-10-6-2/h13-16,19-20H,5-12,17-18H2,1-4H3. The van der Waals surface area contributed by atoms with Gasteiger partial charge >= 0.3 is 0 Å². The molecule has 6 nitrogen and oxygen atoms in total. The highest BCUT2D eigenvalue weighted by atomic mass is 79.9. The lowest BCUT2D eigenvalue weighted by atomic mass is 9.98. The fraction of sp³-hybridized carbons (Fsp3) is 0.533. The number of amides is 2. The second kappa shape index (κ2) is 12.9. The molecule has 2 aromatic rings. The molecule has 38 heavy (non-hydrogen) atoms. The minimum Gasteiger partial charge on any atom is -0.448 e. The molecule has 206 valence electrons. The van der Waals surface area contributed by atoms with Gasteiger partial charge in [0, 0.05) is 13.1 Å². The van der Waals surface area contributed by atoms with Gasteiger partial charge in [0.25, 0.3) is 11.8 Å². The normalized spacial score (nSPS) is 17.3. The Bertz CT molecular complexity index is 1130. The first-order chi connectivity index (χ1) is 18.3. The van der Waals surface area contributed by atoms with E-state index in [0.717, 1.165) is 51.4 Å². The average Bonchev–Trinajstić information content (AvgIpc) is 3.66. The van der Waals surface area contributed by atoms with Crippen molar-refractivity contribution in [2.75, 3.05) is 13.1 Å². The third-order valence-electron chi connectivity index (χ3n) is 7.76. The van der Waals surface area contributed by atoms with E-state index >= 15 is 0 Å². The zero-order valence-corrected chi connectivity index (χ0v) is 26.0. The van der Waals surface area contributed by atoms with Gasteiger partial charge in [0.05, 0.1) is 11.1 Å². The number of furan rings is 2. The number of nitrogens with zero attached hydrogens (tertiary/aromatic N) is 2. The molecular weight excluding hydrogens is 612 g/mol. The van der Waals surface area contributed by atoms with Crippen LogP contribution in [0.15, 0.2) is 53.6 Å². The van der Waals surface area contributed by atoms with Gasteiger partial charge in [0.15, 0.2) is 20.9 Å². The Balaban J connectivity index is 1.86. The SMILES string of the molecule is CCCCC(CC)CN1C(=O)C2=C(c3ccc(Br)o3)N(CC(CC)CCCC)C(=O)C2=C1c1ccc(Br)o1. The summed E-state index contributed by atoms with van der Waals surface area (Å²) in [6.07, 6.45) is 8.42. The number of halogens is 2. The number of fused-ring (bicyclic) bond motifs is 1. The van der Waals surface area contributed by atoms with Crippen LogP contribution >= 0.6 is 31.9 Å². The van der Waals surface area contributed by atoms with Crippen molar-refractivity contribution < 1.29 is 18.4 Å². The van der Waals surface area contributed by atoms with Gasteiger partial charge in [-0.05, 0) is 80.8 Å². The first kappa shape index (κ1) is 28.9. The maximum atomic E-state index is 14.3. The van der Waals surface area contributed by atoms with Crippen molar-refractivity contribution in [1.29, 1.82) is 0 Å². The predicted octanol–water partition coefficient (Wildman–Crippen LogP) is 8.64. The first-order valence-electron chi connectivity index (χ1n) is 14.0. The Kier molecular flexibility index (Phi) is 9.79. The van der Waals surface area contributed by atoms with Crippen LogP contribution in [0.2, 0.25) is 0 Å². The molecule has 0 fully saturated rings. The van der Waals surface area contributed by atoms with Crippen molar-refractivity contribution >= 4 is 55.1 Å². The topological polar surface area (TPSA) is 66.9 Å². The van der Waals surface area contributed by atoms with E-state index in [2.05, 4.69) is 59.6 Å². The lowest BCUT2D eigenvalue weighted by Crippen LogP contribution is -2.34. The molecule has 2 aromatic heterocycles. The summed E-state index contributed by atoms with van der Waals surface area (Å²) in [6.45, 7) is 9.79.